The summed E-state index contributed by atoms with van der Waals surface area (Å²) in [5.41, 5.74) is 6.19. The van der Waals surface area contributed by atoms with Crippen molar-refractivity contribution in [2.75, 3.05) is 19.6 Å². The number of rotatable bonds is 3. The number of aromatic nitrogens is 3. The Labute approximate surface area is 108 Å². The highest BCUT2D eigenvalue weighted by Crippen LogP contribution is 2.25. The molecule has 5 nitrogen and oxygen atoms in total. The second-order valence-corrected chi connectivity index (χ2v) is 5.61. The number of fused-ring (bicyclic) bond motifs is 1. The van der Waals surface area contributed by atoms with Crippen LogP contribution in [0.4, 0.5) is 0 Å². The fourth-order valence-corrected chi connectivity index (χ4v) is 3.28. The summed E-state index contributed by atoms with van der Waals surface area (Å²) in [7, 11) is 0. The molecule has 2 N–H and O–H groups in total. The van der Waals surface area contributed by atoms with Crippen LogP contribution in [0, 0.1) is 5.92 Å². The normalized spacial score (nSPS) is 28.6. The zero-order valence-corrected chi connectivity index (χ0v) is 11.2. The molecule has 0 radical (unpaired) electrons. The van der Waals surface area contributed by atoms with Crippen molar-refractivity contribution in [3.63, 3.8) is 0 Å². The maximum atomic E-state index is 6.19. The third kappa shape index (κ3) is 2.17. The van der Waals surface area contributed by atoms with Crippen LogP contribution in [0.2, 0.25) is 0 Å². The Kier molecular flexibility index (Phi) is 3.35. The van der Waals surface area contributed by atoms with Crippen LogP contribution in [0.1, 0.15) is 44.0 Å². The molecule has 0 amide bonds. The van der Waals surface area contributed by atoms with Gasteiger partial charge < -0.3 is 10.6 Å². The van der Waals surface area contributed by atoms with Crippen molar-refractivity contribution >= 4 is 0 Å². The van der Waals surface area contributed by atoms with Crippen molar-refractivity contribution in [1.82, 2.24) is 19.7 Å². The Hall–Kier alpha value is -0.940. The van der Waals surface area contributed by atoms with Gasteiger partial charge in [-0.25, -0.2) is 0 Å². The van der Waals surface area contributed by atoms with E-state index in [1.54, 1.807) is 0 Å². The third-order valence-corrected chi connectivity index (χ3v) is 4.36. The molecule has 3 heterocycles. The van der Waals surface area contributed by atoms with Gasteiger partial charge in [0, 0.05) is 19.4 Å². The highest BCUT2D eigenvalue weighted by Gasteiger charge is 2.26. The van der Waals surface area contributed by atoms with Gasteiger partial charge in [-0.3, -0.25) is 4.57 Å². The highest BCUT2D eigenvalue weighted by molar-refractivity contribution is 5.03. The molecule has 0 bridgehead atoms. The zero-order valence-electron chi connectivity index (χ0n) is 11.2. The van der Waals surface area contributed by atoms with Gasteiger partial charge >= 0.3 is 0 Å². The van der Waals surface area contributed by atoms with Crippen LogP contribution in [0.3, 0.4) is 0 Å². The summed E-state index contributed by atoms with van der Waals surface area (Å²) in [5, 5.41) is 8.68. The first-order valence-corrected chi connectivity index (χ1v) is 7.18. The summed E-state index contributed by atoms with van der Waals surface area (Å²) >= 11 is 0. The largest absolute Gasteiger partial charge is 0.311 e. The lowest BCUT2D eigenvalue weighted by atomic mass is 10.0. The minimum atomic E-state index is 0.0995. The van der Waals surface area contributed by atoms with Crippen LogP contribution < -0.4 is 5.73 Å². The SMILES string of the molecule is CCN1CCC(Cc2nnc3n2C(N)CCC3)C1. The van der Waals surface area contributed by atoms with Crippen LogP contribution in [0.15, 0.2) is 0 Å². The van der Waals surface area contributed by atoms with Gasteiger partial charge in [-0.15, -0.1) is 10.2 Å². The molecule has 2 aliphatic heterocycles. The van der Waals surface area contributed by atoms with E-state index in [-0.39, 0.29) is 6.17 Å². The van der Waals surface area contributed by atoms with E-state index in [1.807, 2.05) is 0 Å². The number of likely N-dealkylation sites (tertiary alicyclic amines) is 1. The summed E-state index contributed by atoms with van der Waals surface area (Å²) in [4.78, 5) is 2.51. The Morgan fingerprint density at radius 3 is 3.00 bits per heavy atom. The van der Waals surface area contributed by atoms with Crippen LogP contribution in [0.5, 0.6) is 0 Å². The van der Waals surface area contributed by atoms with Crippen molar-refractivity contribution in [1.29, 1.82) is 0 Å². The number of hydrogen-bond acceptors (Lipinski definition) is 4. The lowest BCUT2D eigenvalue weighted by Gasteiger charge is -2.23. The maximum Gasteiger partial charge on any atom is 0.134 e. The monoisotopic (exact) mass is 249 g/mol. The smallest absolute Gasteiger partial charge is 0.134 e. The van der Waals surface area contributed by atoms with Crippen molar-refractivity contribution in [3.8, 4) is 0 Å². The summed E-state index contributed by atoms with van der Waals surface area (Å²) in [6.07, 6.45) is 5.66. The molecule has 1 saturated heterocycles. The lowest BCUT2D eigenvalue weighted by Crippen LogP contribution is -2.27. The van der Waals surface area contributed by atoms with Gasteiger partial charge in [-0.05, 0) is 38.3 Å². The average molecular weight is 249 g/mol. The first-order valence-electron chi connectivity index (χ1n) is 7.18. The fraction of sp³-hybridized carbons (Fsp3) is 0.846. The molecule has 0 spiro atoms. The Bertz CT molecular complexity index is 414. The Morgan fingerprint density at radius 1 is 1.33 bits per heavy atom. The van der Waals surface area contributed by atoms with Crippen LogP contribution in [0.25, 0.3) is 0 Å². The number of aryl methyl sites for hydroxylation is 1. The van der Waals surface area contributed by atoms with E-state index in [2.05, 4.69) is 26.6 Å². The predicted molar refractivity (Wildman–Crippen MR) is 70.1 cm³/mol. The highest BCUT2D eigenvalue weighted by atomic mass is 15.3. The molecule has 2 unspecified atom stereocenters. The molecule has 1 aromatic rings. The van der Waals surface area contributed by atoms with Gasteiger partial charge in [-0.2, -0.15) is 0 Å². The lowest BCUT2D eigenvalue weighted by molar-refractivity contribution is 0.336. The van der Waals surface area contributed by atoms with E-state index in [4.69, 9.17) is 5.73 Å². The van der Waals surface area contributed by atoms with Gasteiger partial charge in [-0.1, -0.05) is 6.92 Å². The average Bonchev–Trinajstić information content (AvgIpc) is 2.98. The molecule has 0 saturated carbocycles. The minimum Gasteiger partial charge on any atom is -0.311 e. The minimum absolute atomic E-state index is 0.0995. The van der Waals surface area contributed by atoms with Gasteiger partial charge in [0.05, 0.1) is 6.17 Å². The van der Waals surface area contributed by atoms with Crippen molar-refractivity contribution in [2.45, 2.75) is 45.2 Å². The van der Waals surface area contributed by atoms with E-state index < -0.39 is 0 Å². The standard InChI is InChI=1S/C13H23N5/c1-2-17-7-6-10(9-17)8-13-16-15-12-5-3-4-11(14)18(12)13/h10-11H,2-9,14H2,1H3. The Balaban J connectivity index is 1.72. The first-order chi connectivity index (χ1) is 8.78. The quantitative estimate of drug-likeness (QED) is 0.866. The van der Waals surface area contributed by atoms with Crippen molar-refractivity contribution in [2.24, 2.45) is 11.7 Å². The number of nitrogens with two attached hydrogens (primary N) is 1. The van der Waals surface area contributed by atoms with E-state index in [9.17, 15) is 0 Å². The van der Waals surface area contributed by atoms with E-state index >= 15 is 0 Å². The fourth-order valence-electron chi connectivity index (χ4n) is 3.28. The molecule has 5 heteroatoms. The second-order valence-electron chi connectivity index (χ2n) is 5.61. The number of hydrogen-bond donors (Lipinski definition) is 1. The van der Waals surface area contributed by atoms with Crippen molar-refractivity contribution in [3.05, 3.63) is 11.6 Å². The summed E-state index contributed by atoms with van der Waals surface area (Å²) < 4.78 is 2.19. The van der Waals surface area contributed by atoms with Gasteiger partial charge in [0.25, 0.3) is 0 Å². The molecule has 100 valence electrons. The van der Waals surface area contributed by atoms with Crippen LogP contribution >= 0.6 is 0 Å². The molecule has 18 heavy (non-hydrogen) atoms. The van der Waals surface area contributed by atoms with E-state index in [0.717, 1.165) is 49.8 Å². The number of nitrogens with zero attached hydrogens (tertiary/aromatic N) is 4. The molecule has 1 aromatic heterocycles. The molecule has 0 aliphatic carbocycles. The first kappa shape index (κ1) is 12.1. The van der Waals surface area contributed by atoms with Gasteiger partial charge in [0.15, 0.2) is 0 Å². The van der Waals surface area contributed by atoms with Crippen LogP contribution in [-0.2, 0) is 12.8 Å². The maximum absolute atomic E-state index is 6.19. The zero-order chi connectivity index (χ0) is 12.5. The summed E-state index contributed by atoms with van der Waals surface area (Å²) in [5.74, 6) is 2.93. The van der Waals surface area contributed by atoms with Crippen molar-refractivity contribution < 1.29 is 0 Å². The second kappa shape index (κ2) is 4.97. The Morgan fingerprint density at radius 2 is 2.22 bits per heavy atom. The topological polar surface area (TPSA) is 60.0 Å². The van der Waals surface area contributed by atoms with Gasteiger partial charge in [0.1, 0.15) is 11.6 Å². The third-order valence-electron chi connectivity index (χ3n) is 4.36. The van der Waals surface area contributed by atoms with E-state index in [0.29, 0.717) is 0 Å². The molecule has 1 fully saturated rings. The molecular formula is C13H23N5. The summed E-state index contributed by atoms with van der Waals surface area (Å²) in [6, 6.07) is 0. The molecule has 2 atom stereocenters. The predicted octanol–water partition coefficient (Wildman–Crippen LogP) is 0.956. The summed E-state index contributed by atoms with van der Waals surface area (Å²) in [6.45, 7) is 5.83. The van der Waals surface area contributed by atoms with Crippen LogP contribution in [-0.4, -0.2) is 39.3 Å². The molecule has 0 aromatic carbocycles. The van der Waals surface area contributed by atoms with E-state index in [1.165, 1.54) is 19.5 Å². The molecule has 2 aliphatic rings. The molecular weight excluding hydrogens is 226 g/mol. The van der Waals surface area contributed by atoms with Gasteiger partial charge in [0.2, 0.25) is 0 Å². The molecule has 3 rings (SSSR count).